The van der Waals surface area contributed by atoms with E-state index in [4.69, 9.17) is 5.11 Å². The molecule has 15 heavy (non-hydrogen) atoms. The summed E-state index contributed by atoms with van der Waals surface area (Å²) >= 11 is 0. The molecule has 1 N–H and O–H groups in total. The molecule has 84 valence electrons. The fraction of sp³-hybridized carbons (Fsp3) is 0.636. The Balaban J connectivity index is 2.18. The van der Waals surface area contributed by atoms with Crippen LogP contribution in [0, 0.1) is 6.92 Å². The second-order valence-corrected chi connectivity index (χ2v) is 3.84. The van der Waals surface area contributed by atoms with Gasteiger partial charge in [0.05, 0.1) is 5.69 Å². The number of aliphatic carboxylic acids is 1. The molecule has 4 nitrogen and oxygen atoms in total. The van der Waals surface area contributed by atoms with Crippen LogP contribution in [0.5, 0.6) is 0 Å². The summed E-state index contributed by atoms with van der Waals surface area (Å²) < 4.78 is 2.01. The number of imidazole rings is 1. The van der Waals surface area contributed by atoms with Crippen molar-refractivity contribution in [2.24, 2.45) is 7.05 Å². The van der Waals surface area contributed by atoms with Gasteiger partial charge in [0.15, 0.2) is 0 Å². The Morgan fingerprint density at radius 3 is 2.73 bits per heavy atom. The first-order valence-electron chi connectivity index (χ1n) is 5.30. The van der Waals surface area contributed by atoms with Gasteiger partial charge in [0.1, 0.15) is 5.82 Å². The van der Waals surface area contributed by atoms with E-state index in [1.54, 1.807) is 0 Å². The summed E-state index contributed by atoms with van der Waals surface area (Å²) in [5, 5.41) is 8.45. The fourth-order valence-electron chi connectivity index (χ4n) is 1.51. The first-order chi connectivity index (χ1) is 7.09. The maximum atomic E-state index is 10.3. The van der Waals surface area contributed by atoms with Crippen molar-refractivity contribution in [1.29, 1.82) is 0 Å². The van der Waals surface area contributed by atoms with Crippen LogP contribution in [0.25, 0.3) is 0 Å². The van der Waals surface area contributed by atoms with E-state index in [0.717, 1.165) is 37.2 Å². The molecule has 0 aliphatic heterocycles. The van der Waals surface area contributed by atoms with Gasteiger partial charge in [0, 0.05) is 19.7 Å². The topological polar surface area (TPSA) is 55.1 Å². The highest BCUT2D eigenvalue weighted by Crippen LogP contribution is 2.07. The van der Waals surface area contributed by atoms with Crippen molar-refractivity contribution in [3.05, 3.63) is 17.7 Å². The summed E-state index contributed by atoms with van der Waals surface area (Å²) in [5.41, 5.74) is 1.10. The summed E-state index contributed by atoms with van der Waals surface area (Å²) in [6, 6.07) is 0. The highest BCUT2D eigenvalue weighted by Gasteiger charge is 2.01. The maximum absolute atomic E-state index is 10.3. The summed E-state index contributed by atoms with van der Waals surface area (Å²) in [5.74, 6) is 0.319. The Bertz CT molecular complexity index is 312. The van der Waals surface area contributed by atoms with Crippen molar-refractivity contribution in [3.63, 3.8) is 0 Å². The number of aryl methyl sites for hydroxylation is 3. The number of carboxylic acid groups (broad SMARTS) is 1. The average Bonchev–Trinajstić information content (AvgIpc) is 2.45. The van der Waals surface area contributed by atoms with Crippen molar-refractivity contribution >= 4 is 5.97 Å². The van der Waals surface area contributed by atoms with Gasteiger partial charge < -0.3 is 9.67 Å². The Morgan fingerprint density at radius 1 is 1.47 bits per heavy atom. The molecule has 0 unspecified atom stereocenters. The summed E-state index contributed by atoms with van der Waals surface area (Å²) in [6.45, 7) is 1.98. The number of hydrogen-bond donors (Lipinski definition) is 1. The lowest BCUT2D eigenvalue weighted by Crippen LogP contribution is -1.94. The predicted molar refractivity (Wildman–Crippen MR) is 57.8 cm³/mol. The molecule has 1 aromatic heterocycles. The number of rotatable bonds is 6. The molecule has 0 atom stereocenters. The van der Waals surface area contributed by atoms with Gasteiger partial charge >= 0.3 is 5.97 Å². The van der Waals surface area contributed by atoms with Crippen LogP contribution in [0.4, 0.5) is 0 Å². The van der Waals surface area contributed by atoms with Crippen LogP contribution in [0.1, 0.15) is 37.2 Å². The molecule has 1 aromatic rings. The molecule has 1 rings (SSSR count). The van der Waals surface area contributed by atoms with Crippen molar-refractivity contribution in [3.8, 4) is 0 Å². The van der Waals surface area contributed by atoms with Gasteiger partial charge in [-0.05, 0) is 26.2 Å². The lowest BCUT2D eigenvalue weighted by molar-refractivity contribution is -0.137. The first kappa shape index (κ1) is 11.8. The standard InChI is InChI=1S/C11H18N2O2/c1-9-12-10(8-13(9)2)6-4-3-5-7-11(14)15/h8H,3-7H2,1-2H3,(H,14,15). The molecule has 0 saturated heterocycles. The number of hydrogen-bond acceptors (Lipinski definition) is 2. The molecule has 0 aromatic carbocycles. The van der Waals surface area contributed by atoms with Crippen LogP contribution in [-0.2, 0) is 18.3 Å². The highest BCUT2D eigenvalue weighted by atomic mass is 16.4. The minimum Gasteiger partial charge on any atom is -0.481 e. The third-order valence-corrected chi connectivity index (χ3v) is 2.48. The summed E-state index contributed by atoms with van der Waals surface area (Å²) in [4.78, 5) is 14.7. The second-order valence-electron chi connectivity index (χ2n) is 3.84. The van der Waals surface area contributed by atoms with Crippen molar-refractivity contribution in [2.75, 3.05) is 0 Å². The average molecular weight is 210 g/mol. The molecule has 0 saturated carbocycles. The third kappa shape index (κ3) is 4.14. The van der Waals surface area contributed by atoms with E-state index in [-0.39, 0.29) is 6.42 Å². The van der Waals surface area contributed by atoms with Gasteiger partial charge in [0.25, 0.3) is 0 Å². The number of unbranched alkanes of at least 4 members (excludes halogenated alkanes) is 2. The molecule has 0 fully saturated rings. The quantitative estimate of drug-likeness (QED) is 0.730. The fourth-order valence-corrected chi connectivity index (χ4v) is 1.51. The summed E-state index contributed by atoms with van der Waals surface area (Å²) in [6.07, 6.45) is 6.00. The lowest BCUT2D eigenvalue weighted by Gasteiger charge is -1.96. The number of carboxylic acids is 1. The van der Waals surface area contributed by atoms with E-state index in [1.165, 1.54) is 0 Å². The van der Waals surface area contributed by atoms with Crippen LogP contribution in [0.2, 0.25) is 0 Å². The van der Waals surface area contributed by atoms with Crippen LogP contribution in [0.3, 0.4) is 0 Å². The predicted octanol–water partition coefficient (Wildman–Crippen LogP) is 1.92. The Hall–Kier alpha value is -1.32. The molecule has 0 radical (unpaired) electrons. The largest absolute Gasteiger partial charge is 0.481 e. The first-order valence-corrected chi connectivity index (χ1v) is 5.30. The molecule has 0 bridgehead atoms. The molecular weight excluding hydrogens is 192 g/mol. The minimum atomic E-state index is -0.705. The summed E-state index contributed by atoms with van der Waals surface area (Å²) in [7, 11) is 1.98. The lowest BCUT2D eigenvalue weighted by atomic mass is 10.1. The van der Waals surface area contributed by atoms with Crippen molar-refractivity contribution in [2.45, 2.75) is 39.0 Å². The van der Waals surface area contributed by atoms with E-state index >= 15 is 0 Å². The van der Waals surface area contributed by atoms with Crippen LogP contribution >= 0.6 is 0 Å². The van der Waals surface area contributed by atoms with Gasteiger partial charge in [-0.3, -0.25) is 4.79 Å². The molecule has 1 heterocycles. The van der Waals surface area contributed by atoms with E-state index in [9.17, 15) is 4.79 Å². The molecule has 0 amide bonds. The van der Waals surface area contributed by atoms with E-state index in [0.29, 0.717) is 0 Å². The molecule has 0 aliphatic rings. The van der Waals surface area contributed by atoms with Crippen LogP contribution in [0.15, 0.2) is 6.20 Å². The Morgan fingerprint density at radius 2 is 2.20 bits per heavy atom. The Labute approximate surface area is 89.9 Å². The number of carbonyl (C=O) groups is 1. The second kappa shape index (κ2) is 5.53. The van der Waals surface area contributed by atoms with E-state index in [2.05, 4.69) is 4.98 Å². The number of aromatic nitrogens is 2. The normalized spacial score (nSPS) is 10.5. The highest BCUT2D eigenvalue weighted by molar-refractivity contribution is 5.66. The van der Waals surface area contributed by atoms with Gasteiger partial charge in [-0.1, -0.05) is 6.42 Å². The zero-order valence-electron chi connectivity index (χ0n) is 9.36. The molecule has 4 heteroatoms. The Kier molecular flexibility index (Phi) is 4.34. The van der Waals surface area contributed by atoms with Gasteiger partial charge in [-0.2, -0.15) is 0 Å². The smallest absolute Gasteiger partial charge is 0.303 e. The van der Waals surface area contributed by atoms with Crippen LogP contribution in [-0.4, -0.2) is 20.6 Å². The van der Waals surface area contributed by atoms with Crippen molar-refractivity contribution in [1.82, 2.24) is 9.55 Å². The zero-order chi connectivity index (χ0) is 11.3. The number of nitrogens with zero attached hydrogens (tertiary/aromatic N) is 2. The van der Waals surface area contributed by atoms with Gasteiger partial charge in [-0.15, -0.1) is 0 Å². The van der Waals surface area contributed by atoms with Crippen molar-refractivity contribution < 1.29 is 9.90 Å². The SMILES string of the molecule is Cc1nc(CCCCCC(=O)O)cn1C. The molecular formula is C11H18N2O2. The maximum Gasteiger partial charge on any atom is 0.303 e. The van der Waals surface area contributed by atoms with Gasteiger partial charge in [0.2, 0.25) is 0 Å². The van der Waals surface area contributed by atoms with E-state index < -0.39 is 5.97 Å². The third-order valence-electron chi connectivity index (χ3n) is 2.48. The molecule has 0 aliphatic carbocycles. The van der Waals surface area contributed by atoms with Gasteiger partial charge in [-0.25, -0.2) is 4.98 Å². The van der Waals surface area contributed by atoms with Crippen LogP contribution < -0.4 is 0 Å². The minimum absolute atomic E-state index is 0.279. The molecule has 0 spiro atoms. The monoisotopic (exact) mass is 210 g/mol. The van der Waals surface area contributed by atoms with E-state index in [1.807, 2.05) is 24.7 Å². The zero-order valence-corrected chi connectivity index (χ0v) is 9.36.